The fourth-order valence-corrected chi connectivity index (χ4v) is 3.28. The molecule has 1 saturated heterocycles. The van der Waals surface area contributed by atoms with Crippen molar-refractivity contribution >= 4 is 11.8 Å². The van der Waals surface area contributed by atoms with Gasteiger partial charge in [0.05, 0.1) is 13.0 Å². The number of methoxy groups -OCH3 is 1. The lowest BCUT2D eigenvalue weighted by Crippen LogP contribution is -2.46. The Hall–Kier alpha value is -3.02. The van der Waals surface area contributed by atoms with Crippen LogP contribution in [-0.2, 0) is 4.79 Å². The predicted octanol–water partition coefficient (Wildman–Crippen LogP) is 1.42. The second kappa shape index (κ2) is 8.78. The summed E-state index contributed by atoms with van der Waals surface area (Å²) >= 11 is 0. The molecule has 0 saturated carbocycles. The summed E-state index contributed by atoms with van der Waals surface area (Å²) in [6, 6.07) is 3.18. The first-order chi connectivity index (χ1) is 13.6. The van der Waals surface area contributed by atoms with Crippen molar-refractivity contribution in [2.24, 2.45) is 16.1 Å². The molecule has 1 atom stereocenters. The summed E-state index contributed by atoms with van der Waals surface area (Å²) in [4.78, 5) is 26.8. The van der Waals surface area contributed by atoms with E-state index >= 15 is 0 Å². The third-order valence-corrected chi connectivity index (χ3v) is 5.02. The summed E-state index contributed by atoms with van der Waals surface area (Å²) in [5.41, 5.74) is -0.157. The van der Waals surface area contributed by atoms with Crippen LogP contribution in [0.25, 0.3) is 0 Å². The summed E-state index contributed by atoms with van der Waals surface area (Å²) in [5, 5.41) is 18.8. The van der Waals surface area contributed by atoms with Crippen molar-refractivity contribution in [1.29, 1.82) is 0 Å². The Kier molecular flexibility index (Phi) is 6.19. The number of rotatable bonds is 8. The van der Waals surface area contributed by atoms with Crippen LogP contribution in [0.2, 0.25) is 0 Å². The second-order valence-electron chi connectivity index (χ2n) is 6.98. The van der Waals surface area contributed by atoms with Gasteiger partial charge in [0, 0.05) is 45.0 Å². The molecular formula is C19H24N6O3. The maximum absolute atomic E-state index is 12.6. The van der Waals surface area contributed by atoms with Crippen LogP contribution in [0.3, 0.4) is 0 Å². The van der Waals surface area contributed by atoms with Gasteiger partial charge in [-0.2, -0.15) is 10.2 Å². The summed E-state index contributed by atoms with van der Waals surface area (Å²) in [5.74, 6) is 2.42. The molecular weight excluding hydrogens is 360 g/mol. The van der Waals surface area contributed by atoms with Crippen molar-refractivity contribution in [3.05, 3.63) is 17.8 Å². The van der Waals surface area contributed by atoms with Gasteiger partial charge in [0.2, 0.25) is 11.8 Å². The fraction of sp³-hybridized carbons (Fsp3) is 0.579. The highest BCUT2D eigenvalue weighted by Crippen LogP contribution is 2.36. The molecule has 1 unspecified atom stereocenters. The lowest BCUT2D eigenvalue weighted by molar-refractivity contribution is -0.126. The third kappa shape index (κ3) is 4.82. The van der Waals surface area contributed by atoms with Crippen molar-refractivity contribution in [2.75, 3.05) is 26.7 Å². The van der Waals surface area contributed by atoms with E-state index in [1.54, 1.807) is 17.0 Å². The largest absolute Gasteiger partial charge is 0.480 e. The van der Waals surface area contributed by atoms with E-state index in [4.69, 9.17) is 11.2 Å². The van der Waals surface area contributed by atoms with E-state index in [9.17, 15) is 9.59 Å². The number of ether oxygens (including phenoxy) is 1. The number of terminal acetylenes is 1. The average molecular weight is 384 g/mol. The molecule has 1 fully saturated rings. The van der Waals surface area contributed by atoms with E-state index in [2.05, 4.69) is 31.7 Å². The second-order valence-corrected chi connectivity index (χ2v) is 6.98. The zero-order valence-electron chi connectivity index (χ0n) is 15.9. The minimum absolute atomic E-state index is 0.0499. The number of amides is 2. The van der Waals surface area contributed by atoms with Crippen molar-refractivity contribution in [3.8, 4) is 18.2 Å². The Bertz CT molecular complexity index is 780. The minimum atomic E-state index is -0.402. The molecule has 0 spiro atoms. The maximum atomic E-state index is 12.6. The van der Waals surface area contributed by atoms with Gasteiger partial charge in [-0.25, -0.2) is 0 Å². The van der Waals surface area contributed by atoms with Gasteiger partial charge in [-0.3, -0.25) is 9.59 Å². The Morgan fingerprint density at radius 3 is 2.82 bits per heavy atom. The number of piperidine rings is 1. The summed E-state index contributed by atoms with van der Waals surface area (Å²) in [7, 11) is 1.49. The number of nitrogens with zero attached hydrogens (tertiary/aromatic N) is 5. The molecule has 0 bridgehead atoms. The molecule has 2 aliphatic heterocycles. The molecule has 1 aromatic heterocycles. The van der Waals surface area contributed by atoms with E-state index in [1.165, 1.54) is 7.11 Å². The van der Waals surface area contributed by atoms with Crippen molar-refractivity contribution in [2.45, 2.75) is 37.8 Å². The topological polar surface area (TPSA) is 109 Å². The van der Waals surface area contributed by atoms with Crippen LogP contribution in [0.1, 0.15) is 42.6 Å². The van der Waals surface area contributed by atoms with E-state index in [0.717, 1.165) is 12.8 Å². The van der Waals surface area contributed by atoms with E-state index in [1.807, 2.05) is 0 Å². The number of carbonyl (C=O) groups excluding carboxylic acids is 2. The van der Waals surface area contributed by atoms with Crippen LogP contribution in [-0.4, -0.2) is 59.3 Å². The van der Waals surface area contributed by atoms with Crippen LogP contribution in [0.4, 0.5) is 0 Å². The van der Waals surface area contributed by atoms with Crippen LogP contribution in [0.15, 0.2) is 22.4 Å². The van der Waals surface area contributed by atoms with Gasteiger partial charge in [0.15, 0.2) is 11.4 Å². The molecule has 0 radical (unpaired) electrons. The van der Waals surface area contributed by atoms with Gasteiger partial charge in [0.25, 0.3) is 5.91 Å². The van der Waals surface area contributed by atoms with Crippen LogP contribution < -0.4 is 10.1 Å². The third-order valence-electron chi connectivity index (χ3n) is 5.02. The van der Waals surface area contributed by atoms with Gasteiger partial charge >= 0.3 is 0 Å². The van der Waals surface area contributed by atoms with Crippen molar-refractivity contribution in [1.82, 2.24) is 20.4 Å². The number of likely N-dealkylation sites (tertiary alicyclic amines) is 1. The van der Waals surface area contributed by atoms with Gasteiger partial charge in [-0.1, -0.05) is 0 Å². The Morgan fingerprint density at radius 2 is 2.18 bits per heavy atom. The average Bonchev–Trinajstić information content (AvgIpc) is 3.51. The maximum Gasteiger partial charge on any atom is 0.274 e. The van der Waals surface area contributed by atoms with Gasteiger partial charge in [0.1, 0.15) is 0 Å². The highest BCUT2D eigenvalue weighted by molar-refractivity contribution is 5.92. The zero-order valence-corrected chi connectivity index (χ0v) is 15.9. The summed E-state index contributed by atoms with van der Waals surface area (Å²) in [6.07, 6.45) is 8.79. The van der Waals surface area contributed by atoms with Crippen LogP contribution in [0, 0.1) is 18.3 Å². The normalized spacial score (nSPS) is 19.6. The molecule has 28 heavy (non-hydrogen) atoms. The first kappa shape index (κ1) is 19.7. The quantitative estimate of drug-likeness (QED) is 0.682. The van der Waals surface area contributed by atoms with E-state index in [0.29, 0.717) is 44.8 Å². The molecule has 9 nitrogen and oxygen atoms in total. The number of hydrogen-bond acceptors (Lipinski definition) is 7. The SMILES string of the molecule is C#CCCC1(CCNC(=O)C2CCCN(C(=O)c3ccc(OC)nn3)C2)N=N1. The van der Waals surface area contributed by atoms with Crippen LogP contribution >= 0.6 is 0 Å². The number of nitrogens with one attached hydrogen (secondary N) is 1. The smallest absolute Gasteiger partial charge is 0.274 e. The number of carbonyl (C=O) groups is 2. The monoisotopic (exact) mass is 384 g/mol. The Labute approximate surface area is 163 Å². The molecule has 148 valence electrons. The molecule has 1 N–H and O–H groups in total. The number of hydrogen-bond donors (Lipinski definition) is 1. The minimum Gasteiger partial charge on any atom is -0.480 e. The highest BCUT2D eigenvalue weighted by atomic mass is 16.5. The molecule has 1 aromatic rings. The lowest BCUT2D eigenvalue weighted by atomic mass is 9.96. The lowest BCUT2D eigenvalue weighted by Gasteiger charge is -2.31. The van der Waals surface area contributed by atoms with Crippen molar-refractivity contribution in [3.63, 3.8) is 0 Å². The van der Waals surface area contributed by atoms with E-state index in [-0.39, 0.29) is 23.4 Å². The fourth-order valence-electron chi connectivity index (χ4n) is 3.28. The van der Waals surface area contributed by atoms with Gasteiger partial charge in [-0.15, -0.1) is 22.5 Å². The van der Waals surface area contributed by atoms with Gasteiger partial charge < -0.3 is 15.0 Å². The standard InChI is InChI=1S/C19H24N6O3/c1-3-4-9-19(23-24-19)10-11-20-17(26)14-6-5-12-25(13-14)18(27)15-7-8-16(28-2)22-21-15/h1,7-8,14H,4-6,9-13H2,2H3,(H,20,26). The highest BCUT2D eigenvalue weighted by Gasteiger charge is 2.39. The first-order valence-corrected chi connectivity index (χ1v) is 9.39. The van der Waals surface area contributed by atoms with E-state index < -0.39 is 5.66 Å². The van der Waals surface area contributed by atoms with Crippen LogP contribution in [0.5, 0.6) is 5.88 Å². The Morgan fingerprint density at radius 1 is 1.36 bits per heavy atom. The van der Waals surface area contributed by atoms with Gasteiger partial charge in [-0.05, 0) is 18.9 Å². The molecule has 0 aromatic carbocycles. The molecule has 3 heterocycles. The Balaban J connectivity index is 1.47. The molecule has 0 aliphatic carbocycles. The zero-order chi connectivity index (χ0) is 20.0. The predicted molar refractivity (Wildman–Crippen MR) is 100 cm³/mol. The molecule has 9 heteroatoms. The summed E-state index contributed by atoms with van der Waals surface area (Å²) in [6.45, 7) is 1.46. The molecule has 3 rings (SSSR count). The molecule has 2 aliphatic rings. The first-order valence-electron chi connectivity index (χ1n) is 9.39. The van der Waals surface area contributed by atoms with Crippen molar-refractivity contribution < 1.29 is 14.3 Å². The summed E-state index contributed by atoms with van der Waals surface area (Å²) < 4.78 is 4.96. The molecule has 2 amide bonds. The number of aromatic nitrogens is 2.